The minimum Gasteiger partial charge on any atom is -0.493 e. The Bertz CT molecular complexity index is 477. The Labute approximate surface area is 120 Å². The highest BCUT2D eigenvalue weighted by atomic mass is 16.5. The van der Waals surface area contributed by atoms with Crippen LogP contribution in [0.5, 0.6) is 11.5 Å². The number of aryl methyl sites for hydroxylation is 1. The van der Waals surface area contributed by atoms with E-state index in [2.05, 4.69) is 6.92 Å². The van der Waals surface area contributed by atoms with Crippen molar-refractivity contribution in [3.8, 4) is 11.5 Å². The molecule has 0 N–H and O–H groups in total. The van der Waals surface area contributed by atoms with Gasteiger partial charge in [0, 0.05) is 0 Å². The third-order valence-corrected chi connectivity index (χ3v) is 3.92. The van der Waals surface area contributed by atoms with Crippen LogP contribution in [0.4, 0.5) is 0 Å². The lowest BCUT2D eigenvalue weighted by Crippen LogP contribution is -2.45. The summed E-state index contributed by atoms with van der Waals surface area (Å²) in [6.07, 6.45) is 4.07. The van der Waals surface area contributed by atoms with E-state index in [1.54, 1.807) is 7.11 Å². The summed E-state index contributed by atoms with van der Waals surface area (Å²) >= 11 is 0. The van der Waals surface area contributed by atoms with Gasteiger partial charge < -0.3 is 14.2 Å². The molecule has 0 saturated heterocycles. The molecule has 1 aromatic carbocycles. The van der Waals surface area contributed by atoms with Crippen molar-refractivity contribution in [3.05, 3.63) is 23.8 Å². The van der Waals surface area contributed by atoms with Crippen molar-refractivity contribution in [2.24, 2.45) is 0 Å². The van der Waals surface area contributed by atoms with Gasteiger partial charge in [0.2, 0.25) is 0 Å². The number of methoxy groups -OCH3 is 2. The summed E-state index contributed by atoms with van der Waals surface area (Å²) in [6.45, 7) is 2.10. The number of rotatable bonds is 6. The Hall–Kier alpha value is -1.71. The highest BCUT2D eigenvalue weighted by Gasteiger charge is 2.42. The van der Waals surface area contributed by atoms with E-state index in [1.165, 1.54) is 12.7 Å². The second-order valence-electron chi connectivity index (χ2n) is 5.23. The van der Waals surface area contributed by atoms with Crippen LogP contribution in [0, 0.1) is 0 Å². The first kappa shape index (κ1) is 14.7. The van der Waals surface area contributed by atoms with E-state index < -0.39 is 5.60 Å². The van der Waals surface area contributed by atoms with Gasteiger partial charge in [-0.05, 0) is 43.4 Å². The first-order chi connectivity index (χ1) is 9.62. The predicted molar refractivity (Wildman–Crippen MR) is 76.2 cm³/mol. The molecule has 4 heteroatoms. The topological polar surface area (TPSA) is 44.8 Å². The van der Waals surface area contributed by atoms with Crippen molar-refractivity contribution in [1.82, 2.24) is 0 Å². The minimum absolute atomic E-state index is 0.228. The van der Waals surface area contributed by atoms with Crippen LogP contribution in [0.1, 0.15) is 38.2 Å². The molecule has 0 aromatic heterocycles. The number of carbonyl (C=O) groups excluding carboxylic acids is 1. The number of hydrogen-bond acceptors (Lipinski definition) is 4. The number of esters is 1. The number of carbonyl (C=O) groups is 1. The van der Waals surface area contributed by atoms with Crippen LogP contribution in [0.2, 0.25) is 0 Å². The molecule has 0 unspecified atom stereocenters. The quantitative estimate of drug-likeness (QED) is 0.750. The molecule has 0 radical (unpaired) electrons. The van der Waals surface area contributed by atoms with Gasteiger partial charge in [0.1, 0.15) is 5.60 Å². The summed E-state index contributed by atoms with van der Waals surface area (Å²) in [5.74, 6) is 1.20. The Morgan fingerprint density at radius 2 is 2.00 bits per heavy atom. The third kappa shape index (κ3) is 3.06. The molecule has 4 nitrogen and oxygen atoms in total. The lowest BCUT2D eigenvalue weighted by Gasteiger charge is -2.41. The van der Waals surface area contributed by atoms with Gasteiger partial charge in [-0.2, -0.15) is 0 Å². The molecular weight excluding hydrogens is 256 g/mol. The molecule has 1 saturated carbocycles. The molecule has 1 fully saturated rings. The van der Waals surface area contributed by atoms with Gasteiger partial charge in [0.05, 0.1) is 20.6 Å². The van der Waals surface area contributed by atoms with Crippen LogP contribution in [0.3, 0.4) is 0 Å². The van der Waals surface area contributed by atoms with E-state index in [0.717, 1.165) is 31.4 Å². The van der Waals surface area contributed by atoms with Crippen LogP contribution >= 0.6 is 0 Å². The average molecular weight is 278 g/mol. The van der Waals surface area contributed by atoms with Gasteiger partial charge in [0.25, 0.3) is 0 Å². The molecule has 1 aromatic rings. The van der Waals surface area contributed by atoms with Gasteiger partial charge in [-0.25, -0.2) is 0 Å². The summed E-state index contributed by atoms with van der Waals surface area (Å²) in [4.78, 5) is 11.5. The second kappa shape index (κ2) is 6.16. The van der Waals surface area contributed by atoms with E-state index in [-0.39, 0.29) is 5.97 Å². The van der Waals surface area contributed by atoms with Gasteiger partial charge >= 0.3 is 5.97 Å². The summed E-state index contributed by atoms with van der Waals surface area (Å²) in [7, 11) is 3.04. The molecule has 1 aliphatic rings. The van der Waals surface area contributed by atoms with Crippen molar-refractivity contribution >= 4 is 5.97 Å². The van der Waals surface area contributed by atoms with Crippen LogP contribution in [0.15, 0.2) is 18.2 Å². The number of benzene rings is 1. The average Bonchev–Trinajstić information content (AvgIpc) is 2.44. The Morgan fingerprint density at radius 3 is 2.50 bits per heavy atom. The van der Waals surface area contributed by atoms with Crippen molar-refractivity contribution in [2.45, 2.75) is 44.6 Å². The first-order valence-electron chi connectivity index (χ1n) is 7.05. The molecule has 0 amide bonds. The van der Waals surface area contributed by atoms with Gasteiger partial charge in [-0.3, -0.25) is 4.79 Å². The van der Waals surface area contributed by atoms with Crippen molar-refractivity contribution in [1.29, 1.82) is 0 Å². The summed E-state index contributed by atoms with van der Waals surface area (Å²) < 4.78 is 16.3. The van der Waals surface area contributed by atoms with Gasteiger partial charge in [0.15, 0.2) is 11.5 Å². The van der Waals surface area contributed by atoms with Crippen LogP contribution in [0.25, 0.3) is 0 Å². The van der Waals surface area contributed by atoms with Crippen LogP contribution < -0.4 is 9.47 Å². The SMILES string of the molecule is CCc1ccc(OC2(CC(=O)OC)CCC2)c(OC)c1. The zero-order valence-corrected chi connectivity index (χ0v) is 12.4. The fourth-order valence-corrected chi connectivity index (χ4v) is 2.47. The standard InChI is InChI=1S/C16H22O4/c1-4-12-6-7-13(14(10-12)18-2)20-16(8-5-9-16)11-15(17)19-3/h6-7,10H,4-5,8-9,11H2,1-3H3. The monoisotopic (exact) mass is 278 g/mol. The first-order valence-corrected chi connectivity index (χ1v) is 7.05. The Morgan fingerprint density at radius 1 is 1.25 bits per heavy atom. The smallest absolute Gasteiger partial charge is 0.309 e. The van der Waals surface area contributed by atoms with Crippen molar-refractivity contribution in [2.75, 3.05) is 14.2 Å². The molecule has 0 aliphatic heterocycles. The molecule has 0 bridgehead atoms. The van der Waals surface area contributed by atoms with Crippen molar-refractivity contribution < 1.29 is 19.0 Å². The molecular formula is C16H22O4. The molecule has 0 spiro atoms. The maximum Gasteiger partial charge on any atom is 0.309 e. The third-order valence-electron chi connectivity index (χ3n) is 3.92. The van der Waals surface area contributed by atoms with E-state index in [9.17, 15) is 4.79 Å². The zero-order chi connectivity index (χ0) is 14.6. The molecule has 1 aliphatic carbocycles. The van der Waals surface area contributed by atoms with E-state index in [4.69, 9.17) is 14.2 Å². The molecule has 110 valence electrons. The van der Waals surface area contributed by atoms with E-state index in [0.29, 0.717) is 12.2 Å². The highest BCUT2D eigenvalue weighted by molar-refractivity contribution is 5.70. The van der Waals surface area contributed by atoms with Gasteiger partial charge in [-0.15, -0.1) is 0 Å². The van der Waals surface area contributed by atoms with E-state index in [1.807, 2.05) is 18.2 Å². The summed E-state index contributed by atoms with van der Waals surface area (Å²) in [5.41, 5.74) is 0.776. The fourth-order valence-electron chi connectivity index (χ4n) is 2.47. The molecule has 20 heavy (non-hydrogen) atoms. The number of hydrogen-bond donors (Lipinski definition) is 0. The lowest BCUT2D eigenvalue weighted by molar-refractivity contribution is -0.148. The summed E-state index contributed by atoms with van der Waals surface area (Å²) in [6, 6.07) is 5.94. The fraction of sp³-hybridized carbons (Fsp3) is 0.562. The molecule has 0 heterocycles. The minimum atomic E-state index is -0.423. The maximum absolute atomic E-state index is 11.5. The van der Waals surface area contributed by atoms with Crippen molar-refractivity contribution in [3.63, 3.8) is 0 Å². The molecule has 2 rings (SSSR count). The Kier molecular flexibility index (Phi) is 4.53. The second-order valence-corrected chi connectivity index (χ2v) is 5.23. The summed E-state index contributed by atoms with van der Waals surface area (Å²) in [5, 5.41) is 0. The van der Waals surface area contributed by atoms with Crippen LogP contribution in [-0.2, 0) is 16.0 Å². The number of ether oxygens (including phenoxy) is 3. The largest absolute Gasteiger partial charge is 0.493 e. The Balaban J connectivity index is 2.17. The lowest BCUT2D eigenvalue weighted by atomic mass is 9.77. The maximum atomic E-state index is 11.5. The highest BCUT2D eigenvalue weighted by Crippen LogP contribution is 2.42. The van der Waals surface area contributed by atoms with Gasteiger partial charge in [-0.1, -0.05) is 13.0 Å². The van der Waals surface area contributed by atoms with Crippen LogP contribution in [-0.4, -0.2) is 25.8 Å². The predicted octanol–water partition coefficient (Wildman–Crippen LogP) is 3.12. The van der Waals surface area contributed by atoms with E-state index >= 15 is 0 Å². The normalized spacial score (nSPS) is 16.1. The zero-order valence-electron chi connectivity index (χ0n) is 12.4. The molecule has 0 atom stereocenters.